The summed E-state index contributed by atoms with van der Waals surface area (Å²) < 4.78 is 6.00. The maximum Gasteiger partial charge on any atom is 0.0964 e. The second kappa shape index (κ2) is 6.67. The Morgan fingerprint density at radius 3 is 2.79 bits per heavy atom. The molecule has 0 radical (unpaired) electrons. The lowest BCUT2D eigenvalue weighted by Crippen LogP contribution is -2.55. The second-order valence-corrected chi connectivity index (χ2v) is 6.98. The van der Waals surface area contributed by atoms with Crippen molar-refractivity contribution >= 4 is 0 Å². The van der Waals surface area contributed by atoms with E-state index in [4.69, 9.17) is 4.74 Å². The van der Waals surface area contributed by atoms with Crippen LogP contribution in [0.5, 0.6) is 0 Å². The van der Waals surface area contributed by atoms with Crippen molar-refractivity contribution < 1.29 is 9.84 Å². The second-order valence-electron chi connectivity index (χ2n) is 6.98. The number of aromatic nitrogens is 2. The van der Waals surface area contributed by atoms with Gasteiger partial charge in [0.1, 0.15) is 0 Å². The van der Waals surface area contributed by atoms with E-state index in [0.29, 0.717) is 0 Å². The molecule has 1 spiro atoms. The monoisotopic (exact) mass is 327 g/mol. The fourth-order valence-electron chi connectivity index (χ4n) is 4.01. The predicted molar refractivity (Wildman–Crippen MR) is 92.5 cm³/mol. The first-order valence-corrected chi connectivity index (χ1v) is 8.89. The number of likely N-dealkylation sites (tertiary alicyclic amines) is 1. The number of rotatable bonds is 3. The molecule has 0 aliphatic carbocycles. The zero-order valence-corrected chi connectivity index (χ0v) is 13.9. The van der Waals surface area contributed by atoms with E-state index in [-0.39, 0.29) is 11.7 Å². The van der Waals surface area contributed by atoms with E-state index < -0.39 is 0 Å². The highest BCUT2D eigenvalue weighted by Gasteiger charge is 2.43. The molecule has 0 bridgehead atoms. The third-order valence-corrected chi connectivity index (χ3v) is 5.50. The first-order chi connectivity index (χ1) is 11.8. The molecule has 24 heavy (non-hydrogen) atoms. The van der Waals surface area contributed by atoms with Gasteiger partial charge in [-0.05, 0) is 31.2 Å². The van der Waals surface area contributed by atoms with Crippen molar-refractivity contribution in [1.29, 1.82) is 0 Å². The van der Waals surface area contributed by atoms with Gasteiger partial charge in [-0.2, -0.15) is 5.10 Å². The summed E-state index contributed by atoms with van der Waals surface area (Å²) in [5.41, 5.74) is 3.20. The molecule has 2 fully saturated rings. The number of aliphatic hydroxyl groups is 1. The number of hydrogen-bond acceptors (Lipinski definition) is 4. The highest BCUT2D eigenvalue weighted by molar-refractivity contribution is 5.62. The highest BCUT2D eigenvalue weighted by atomic mass is 16.5. The van der Waals surface area contributed by atoms with Crippen molar-refractivity contribution in [2.45, 2.75) is 43.9 Å². The summed E-state index contributed by atoms with van der Waals surface area (Å²) in [5.74, 6) is 0. The average molecular weight is 327 g/mol. The van der Waals surface area contributed by atoms with E-state index in [0.717, 1.165) is 57.6 Å². The van der Waals surface area contributed by atoms with Crippen molar-refractivity contribution in [3.05, 3.63) is 42.1 Å². The Kier molecular flexibility index (Phi) is 4.39. The van der Waals surface area contributed by atoms with Gasteiger partial charge in [0.2, 0.25) is 0 Å². The number of nitrogens with zero attached hydrogens (tertiary/aromatic N) is 2. The minimum absolute atomic E-state index is 0.298. The fraction of sp³-hybridized carbons (Fsp3) is 0.526. The smallest absolute Gasteiger partial charge is 0.0964 e. The van der Waals surface area contributed by atoms with E-state index in [9.17, 15) is 5.11 Å². The van der Waals surface area contributed by atoms with Gasteiger partial charge in [0.05, 0.1) is 23.6 Å². The molecule has 4 rings (SSSR count). The molecule has 2 saturated heterocycles. The van der Waals surface area contributed by atoms with Gasteiger partial charge in [0, 0.05) is 31.8 Å². The molecular formula is C19H25N3O2. The van der Waals surface area contributed by atoms with Crippen LogP contribution in [-0.2, 0) is 11.3 Å². The van der Waals surface area contributed by atoms with E-state index in [2.05, 4.69) is 27.2 Å². The molecule has 128 valence electrons. The fourth-order valence-corrected chi connectivity index (χ4v) is 4.01. The Hall–Kier alpha value is -1.69. The highest BCUT2D eigenvalue weighted by Crippen LogP contribution is 2.36. The molecule has 5 nitrogen and oxygen atoms in total. The minimum Gasteiger partial charge on any atom is -0.390 e. The van der Waals surface area contributed by atoms with Crippen LogP contribution in [-0.4, -0.2) is 51.6 Å². The van der Waals surface area contributed by atoms with Crippen LogP contribution in [0.25, 0.3) is 11.3 Å². The molecule has 0 saturated carbocycles. The number of aliphatic hydroxyl groups excluding tert-OH is 1. The largest absolute Gasteiger partial charge is 0.390 e. The van der Waals surface area contributed by atoms with Gasteiger partial charge in [-0.15, -0.1) is 0 Å². The quantitative estimate of drug-likeness (QED) is 0.910. The molecule has 2 aromatic rings. The molecule has 5 heteroatoms. The lowest BCUT2D eigenvalue weighted by molar-refractivity contribution is -0.177. The normalized spacial score (nSPS) is 24.3. The van der Waals surface area contributed by atoms with Crippen LogP contribution >= 0.6 is 0 Å². The SMILES string of the molecule is O[C@@H]1CCCOC12CCN(Cc1cn[nH]c1-c1ccccc1)CC2. The maximum atomic E-state index is 10.4. The van der Waals surface area contributed by atoms with Crippen LogP contribution in [0.3, 0.4) is 0 Å². The number of hydrogen-bond donors (Lipinski definition) is 2. The first kappa shape index (κ1) is 15.8. The summed E-state index contributed by atoms with van der Waals surface area (Å²) >= 11 is 0. The Morgan fingerprint density at radius 2 is 2.04 bits per heavy atom. The Bertz CT molecular complexity index is 662. The molecule has 0 unspecified atom stereocenters. The molecule has 2 aliphatic rings. The zero-order chi connectivity index (χ0) is 16.4. The third kappa shape index (κ3) is 2.99. The van der Waals surface area contributed by atoms with Crippen LogP contribution in [0, 0.1) is 0 Å². The number of ether oxygens (including phenoxy) is 1. The van der Waals surface area contributed by atoms with E-state index >= 15 is 0 Å². The van der Waals surface area contributed by atoms with E-state index in [1.165, 1.54) is 11.1 Å². The Balaban J connectivity index is 1.42. The van der Waals surface area contributed by atoms with E-state index in [1.807, 2.05) is 24.4 Å². The van der Waals surface area contributed by atoms with Gasteiger partial charge in [-0.3, -0.25) is 10.00 Å². The van der Waals surface area contributed by atoms with Gasteiger partial charge in [-0.1, -0.05) is 30.3 Å². The van der Waals surface area contributed by atoms with Crippen LogP contribution < -0.4 is 0 Å². The molecule has 1 aromatic carbocycles. The summed E-state index contributed by atoms with van der Waals surface area (Å²) in [6.07, 6.45) is 5.29. The summed E-state index contributed by atoms with van der Waals surface area (Å²) in [4.78, 5) is 2.44. The van der Waals surface area contributed by atoms with Crippen molar-refractivity contribution in [2.75, 3.05) is 19.7 Å². The van der Waals surface area contributed by atoms with Crippen molar-refractivity contribution in [3.63, 3.8) is 0 Å². The molecule has 3 heterocycles. The molecular weight excluding hydrogens is 302 g/mol. The molecule has 1 aromatic heterocycles. The molecule has 0 amide bonds. The maximum absolute atomic E-state index is 10.4. The third-order valence-electron chi connectivity index (χ3n) is 5.50. The summed E-state index contributed by atoms with van der Waals surface area (Å²) in [7, 11) is 0. The van der Waals surface area contributed by atoms with Gasteiger partial charge in [-0.25, -0.2) is 0 Å². The minimum atomic E-state index is -0.304. The van der Waals surface area contributed by atoms with Gasteiger partial charge < -0.3 is 9.84 Å². The number of aromatic amines is 1. The predicted octanol–water partition coefficient (Wildman–Crippen LogP) is 2.58. The molecule has 2 aliphatic heterocycles. The standard InChI is InChI=1S/C19H25N3O2/c23-17-7-4-12-24-19(17)8-10-22(11-9-19)14-16-13-20-21-18(16)15-5-2-1-3-6-15/h1-3,5-6,13,17,23H,4,7-12,14H2,(H,20,21)/t17-/m1/s1. The lowest BCUT2D eigenvalue weighted by Gasteiger charge is -2.46. The Morgan fingerprint density at radius 1 is 1.25 bits per heavy atom. The van der Waals surface area contributed by atoms with Crippen LogP contribution in [0.15, 0.2) is 36.5 Å². The molecule has 1 atom stereocenters. The van der Waals surface area contributed by atoms with Gasteiger partial charge in [0.25, 0.3) is 0 Å². The van der Waals surface area contributed by atoms with Gasteiger partial charge in [0.15, 0.2) is 0 Å². The number of H-pyrrole nitrogens is 1. The summed E-state index contributed by atoms with van der Waals surface area (Å²) in [6.45, 7) is 3.58. The first-order valence-electron chi connectivity index (χ1n) is 8.89. The Labute approximate surface area is 142 Å². The zero-order valence-electron chi connectivity index (χ0n) is 13.9. The van der Waals surface area contributed by atoms with Crippen LogP contribution in [0.4, 0.5) is 0 Å². The van der Waals surface area contributed by atoms with Crippen molar-refractivity contribution in [1.82, 2.24) is 15.1 Å². The number of nitrogens with one attached hydrogen (secondary N) is 1. The van der Waals surface area contributed by atoms with E-state index in [1.54, 1.807) is 0 Å². The number of benzene rings is 1. The summed E-state index contributed by atoms with van der Waals surface area (Å²) in [6, 6.07) is 10.3. The van der Waals surface area contributed by atoms with Crippen molar-refractivity contribution in [3.8, 4) is 11.3 Å². The van der Waals surface area contributed by atoms with Gasteiger partial charge >= 0.3 is 0 Å². The summed E-state index contributed by atoms with van der Waals surface area (Å²) in [5, 5.41) is 17.7. The van der Waals surface area contributed by atoms with Crippen molar-refractivity contribution in [2.24, 2.45) is 0 Å². The van der Waals surface area contributed by atoms with Crippen LogP contribution in [0.2, 0.25) is 0 Å². The number of piperidine rings is 1. The lowest BCUT2D eigenvalue weighted by atomic mass is 9.82. The molecule has 2 N–H and O–H groups in total. The average Bonchev–Trinajstić information content (AvgIpc) is 3.09. The topological polar surface area (TPSA) is 61.4 Å². The van der Waals surface area contributed by atoms with Crippen LogP contribution in [0.1, 0.15) is 31.2 Å².